The summed E-state index contributed by atoms with van der Waals surface area (Å²) in [6.07, 6.45) is 8.13. The predicted molar refractivity (Wildman–Crippen MR) is 70.7 cm³/mol. The van der Waals surface area contributed by atoms with Crippen molar-refractivity contribution in [3.05, 3.63) is 0 Å². The summed E-state index contributed by atoms with van der Waals surface area (Å²) in [7, 11) is 1.74. The molecule has 98 valence electrons. The molecule has 0 saturated carbocycles. The summed E-state index contributed by atoms with van der Waals surface area (Å²) in [5.41, 5.74) is 5.74. The molecule has 16 heavy (non-hydrogen) atoms. The van der Waals surface area contributed by atoms with Gasteiger partial charge >= 0.3 is 0 Å². The van der Waals surface area contributed by atoms with Crippen molar-refractivity contribution in [2.24, 2.45) is 5.73 Å². The lowest BCUT2D eigenvalue weighted by atomic mass is 10.1. The molecule has 0 saturated heterocycles. The quantitative estimate of drug-likeness (QED) is 0.535. The maximum atomic E-state index is 5.74. The van der Waals surface area contributed by atoms with Gasteiger partial charge in [0, 0.05) is 26.2 Å². The van der Waals surface area contributed by atoms with Crippen molar-refractivity contribution in [1.82, 2.24) is 5.32 Å². The third-order valence-electron chi connectivity index (χ3n) is 3.04. The maximum Gasteiger partial charge on any atom is 0.0667 e. The third-order valence-corrected chi connectivity index (χ3v) is 3.04. The van der Waals surface area contributed by atoms with Gasteiger partial charge in [-0.1, -0.05) is 39.0 Å². The first kappa shape index (κ1) is 15.9. The first-order chi connectivity index (χ1) is 7.74. The average molecular weight is 230 g/mol. The molecule has 0 spiro atoms. The van der Waals surface area contributed by atoms with Crippen LogP contribution >= 0.6 is 0 Å². The fourth-order valence-corrected chi connectivity index (χ4v) is 1.71. The van der Waals surface area contributed by atoms with E-state index < -0.39 is 0 Å². The second-order valence-corrected chi connectivity index (χ2v) is 4.59. The van der Waals surface area contributed by atoms with Crippen LogP contribution in [0.2, 0.25) is 0 Å². The van der Waals surface area contributed by atoms with Gasteiger partial charge in [0.15, 0.2) is 0 Å². The number of hydrogen-bond donors (Lipinski definition) is 2. The molecular weight excluding hydrogens is 200 g/mol. The van der Waals surface area contributed by atoms with Crippen molar-refractivity contribution in [2.45, 2.75) is 64.5 Å². The molecule has 0 rings (SSSR count). The number of rotatable bonds is 11. The average Bonchev–Trinajstić information content (AvgIpc) is 2.32. The Morgan fingerprint density at radius 2 is 1.88 bits per heavy atom. The lowest BCUT2D eigenvalue weighted by Gasteiger charge is -2.19. The van der Waals surface area contributed by atoms with Crippen LogP contribution in [0.3, 0.4) is 0 Å². The molecule has 0 heterocycles. The van der Waals surface area contributed by atoms with E-state index in [1.54, 1.807) is 7.11 Å². The molecule has 0 aromatic carbocycles. The van der Waals surface area contributed by atoms with Crippen molar-refractivity contribution in [2.75, 3.05) is 20.2 Å². The first-order valence-corrected chi connectivity index (χ1v) is 6.70. The van der Waals surface area contributed by atoms with E-state index >= 15 is 0 Å². The zero-order valence-corrected chi connectivity index (χ0v) is 11.3. The van der Waals surface area contributed by atoms with Crippen molar-refractivity contribution in [3.63, 3.8) is 0 Å². The highest BCUT2D eigenvalue weighted by Crippen LogP contribution is 2.06. The summed E-state index contributed by atoms with van der Waals surface area (Å²) in [5, 5.41) is 3.46. The monoisotopic (exact) mass is 230 g/mol. The SMILES string of the molecule is CCCCCCCC(CN)NCC(C)OC. The number of ether oxygens (including phenoxy) is 1. The van der Waals surface area contributed by atoms with E-state index in [1.165, 1.54) is 38.5 Å². The Kier molecular flexibility index (Phi) is 11.3. The molecular formula is C13H30N2O. The third kappa shape index (κ3) is 9.13. The summed E-state index contributed by atoms with van der Waals surface area (Å²) in [4.78, 5) is 0. The van der Waals surface area contributed by atoms with E-state index in [2.05, 4.69) is 19.2 Å². The van der Waals surface area contributed by atoms with Crippen molar-refractivity contribution in [1.29, 1.82) is 0 Å². The van der Waals surface area contributed by atoms with Gasteiger partial charge in [0.05, 0.1) is 6.10 Å². The van der Waals surface area contributed by atoms with Crippen LogP contribution < -0.4 is 11.1 Å². The molecule has 0 aliphatic rings. The Balaban J connectivity index is 3.43. The fraction of sp³-hybridized carbons (Fsp3) is 1.00. The summed E-state index contributed by atoms with van der Waals surface area (Å²) >= 11 is 0. The van der Waals surface area contributed by atoms with Gasteiger partial charge in [-0.05, 0) is 13.3 Å². The fourth-order valence-electron chi connectivity index (χ4n) is 1.71. The van der Waals surface area contributed by atoms with Crippen LogP contribution in [-0.2, 0) is 4.74 Å². The Labute approximate surface area is 101 Å². The van der Waals surface area contributed by atoms with Crippen LogP contribution in [0.25, 0.3) is 0 Å². The molecule has 0 bridgehead atoms. The topological polar surface area (TPSA) is 47.3 Å². The second-order valence-electron chi connectivity index (χ2n) is 4.59. The minimum atomic E-state index is 0.272. The molecule has 0 radical (unpaired) electrons. The van der Waals surface area contributed by atoms with Gasteiger partial charge in [-0.2, -0.15) is 0 Å². The van der Waals surface area contributed by atoms with E-state index in [9.17, 15) is 0 Å². The summed E-state index contributed by atoms with van der Waals surface area (Å²) in [5.74, 6) is 0. The van der Waals surface area contributed by atoms with Gasteiger partial charge in [-0.25, -0.2) is 0 Å². The molecule has 0 aliphatic heterocycles. The zero-order valence-electron chi connectivity index (χ0n) is 11.3. The number of nitrogens with one attached hydrogen (secondary N) is 1. The first-order valence-electron chi connectivity index (χ1n) is 6.70. The lowest BCUT2D eigenvalue weighted by Crippen LogP contribution is -2.40. The molecule has 0 aromatic heterocycles. The van der Waals surface area contributed by atoms with Gasteiger partial charge in [0.25, 0.3) is 0 Å². The van der Waals surface area contributed by atoms with Gasteiger partial charge in [-0.15, -0.1) is 0 Å². The maximum absolute atomic E-state index is 5.74. The van der Waals surface area contributed by atoms with Gasteiger partial charge in [0.1, 0.15) is 0 Å². The highest BCUT2D eigenvalue weighted by atomic mass is 16.5. The number of methoxy groups -OCH3 is 1. The van der Waals surface area contributed by atoms with Crippen LogP contribution in [0, 0.1) is 0 Å². The lowest BCUT2D eigenvalue weighted by molar-refractivity contribution is 0.114. The van der Waals surface area contributed by atoms with Crippen LogP contribution in [0.15, 0.2) is 0 Å². The minimum Gasteiger partial charge on any atom is -0.380 e. The molecule has 3 N–H and O–H groups in total. The Morgan fingerprint density at radius 1 is 1.19 bits per heavy atom. The normalized spacial score (nSPS) is 15.0. The molecule has 0 fully saturated rings. The molecule has 0 amide bonds. The standard InChI is InChI=1S/C13H30N2O/c1-4-5-6-7-8-9-13(10-14)15-11-12(2)16-3/h12-13,15H,4-11,14H2,1-3H3. The molecule has 0 aliphatic carbocycles. The van der Waals surface area contributed by atoms with Crippen molar-refractivity contribution in [3.8, 4) is 0 Å². The van der Waals surface area contributed by atoms with E-state index in [4.69, 9.17) is 10.5 Å². The van der Waals surface area contributed by atoms with Crippen LogP contribution in [0.5, 0.6) is 0 Å². The van der Waals surface area contributed by atoms with E-state index in [0.29, 0.717) is 6.04 Å². The van der Waals surface area contributed by atoms with E-state index in [0.717, 1.165) is 13.1 Å². The summed E-state index contributed by atoms with van der Waals surface area (Å²) < 4.78 is 5.20. The van der Waals surface area contributed by atoms with Gasteiger partial charge in [-0.3, -0.25) is 0 Å². The van der Waals surface area contributed by atoms with Crippen molar-refractivity contribution >= 4 is 0 Å². The van der Waals surface area contributed by atoms with E-state index in [1.807, 2.05) is 0 Å². The summed E-state index contributed by atoms with van der Waals surface area (Å²) in [6.45, 7) is 5.94. The molecule has 2 atom stereocenters. The largest absolute Gasteiger partial charge is 0.380 e. The van der Waals surface area contributed by atoms with Crippen LogP contribution in [0.4, 0.5) is 0 Å². The van der Waals surface area contributed by atoms with Gasteiger partial charge in [0.2, 0.25) is 0 Å². The number of nitrogens with two attached hydrogens (primary N) is 1. The number of unbranched alkanes of at least 4 members (excludes halogenated alkanes) is 4. The van der Waals surface area contributed by atoms with Gasteiger partial charge < -0.3 is 15.8 Å². The number of hydrogen-bond acceptors (Lipinski definition) is 3. The molecule has 3 nitrogen and oxygen atoms in total. The van der Waals surface area contributed by atoms with E-state index in [-0.39, 0.29) is 6.10 Å². The molecule has 3 heteroatoms. The van der Waals surface area contributed by atoms with Crippen molar-refractivity contribution < 1.29 is 4.74 Å². The minimum absolute atomic E-state index is 0.272. The highest BCUT2D eigenvalue weighted by Gasteiger charge is 2.07. The Morgan fingerprint density at radius 3 is 2.44 bits per heavy atom. The Hall–Kier alpha value is -0.120. The predicted octanol–water partition coefficient (Wildman–Crippen LogP) is 2.30. The smallest absolute Gasteiger partial charge is 0.0667 e. The Bertz CT molecular complexity index is 142. The highest BCUT2D eigenvalue weighted by molar-refractivity contribution is 4.69. The zero-order chi connectivity index (χ0) is 12.2. The molecule has 0 aromatic rings. The van der Waals surface area contributed by atoms with Crippen LogP contribution in [-0.4, -0.2) is 32.3 Å². The van der Waals surface area contributed by atoms with Crippen LogP contribution in [0.1, 0.15) is 52.4 Å². The molecule has 2 unspecified atom stereocenters. The summed E-state index contributed by atoms with van der Waals surface area (Å²) in [6, 6.07) is 0.458. The second kappa shape index (κ2) is 11.4.